The number of hydrogen-bond donors (Lipinski definition) is 2. The predicted molar refractivity (Wildman–Crippen MR) is 60.0 cm³/mol. The van der Waals surface area contributed by atoms with Gasteiger partial charge in [-0.1, -0.05) is 0 Å². The van der Waals surface area contributed by atoms with Crippen molar-refractivity contribution in [1.82, 2.24) is 0 Å². The Hall–Kier alpha value is -2.31. The van der Waals surface area contributed by atoms with Gasteiger partial charge in [0.15, 0.2) is 0 Å². The smallest absolute Gasteiger partial charge is 0.292 e. The first kappa shape index (κ1) is 11.8. The van der Waals surface area contributed by atoms with Gasteiger partial charge >= 0.3 is 0 Å². The molecule has 0 unspecified atom stereocenters. The zero-order valence-corrected chi connectivity index (χ0v) is 8.71. The van der Waals surface area contributed by atoms with E-state index in [1.807, 2.05) is 0 Å². The summed E-state index contributed by atoms with van der Waals surface area (Å²) in [7, 11) is 1.64. The molecule has 0 saturated carbocycles. The summed E-state index contributed by atoms with van der Waals surface area (Å²) in [5.41, 5.74) is 11.0. The molecule has 0 spiro atoms. The molecular weight excluding hydrogens is 212 g/mol. The summed E-state index contributed by atoms with van der Waals surface area (Å²) in [5.74, 6) is -0.487. The maximum atomic E-state index is 10.7. The van der Waals surface area contributed by atoms with Crippen molar-refractivity contribution in [2.45, 2.75) is 0 Å². The highest BCUT2D eigenvalue weighted by atomic mass is 16.6. The van der Waals surface area contributed by atoms with Gasteiger partial charge in [0.2, 0.25) is 5.91 Å². The number of carbonyl (C=O) groups is 1. The summed E-state index contributed by atoms with van der Waals surface area (Å²) in [5, 5.41) is 10.5. The first-order valence-electron chi connectivity index (χ1n) is 4.45. The van der Waals surface area contributed by atoms with Crippen LogP contribution < -0.4 is 16.4 Å². The van der Waals surface area contributed by atoms with Gasteiger partial charge in [-0.05, 0) is 12.1 Å². The summed E-state index contributed by atoms with van der Waals surface area (Å²) >= 11 is 0. The normalized spacial score (nSPS) is 9.81. The highest BCUT2D eigenvalue weighted by molar-refractivity contribution is 5.80. The van der Waals surface area contributed by atoms with Crippen LogP contribution in [0.2, 0.25) is 0 Å². The van der Waals surface area contributed by atoms with Crippen molar-refractivity contribution in [3.63, 3.8) is 0 Å². The zero-order valence-electron chi connectivity index (χ0n) is 8.71. The number of primary amides is 1. The summed E-state index contributed by atoms with van der Waals surface area (Å²) in [6, 6.07) is 4.24. The van der Waals surface area contributed by atoms with Crippen molar-refractivity contribution in [3.8, 4) is 0 Å². The standard InChI is InChI=1S/C9H12N4O3/c1-12(5-9(11)14)6-2-3-8(13(15)16)7(10)4-6/h2-4H,5,10H2,1H3,(H2,11,14). The Balaban J connectivity index is 2.96. The van der Waals surface area contributed by atoms with E-state index in [0.29, 0.717) is 5.69 Å². The Morgan fingerprint density at radius 1 is 1.56 bits per heavy atom. The molecule has 1 rings (SSSR count). The van der Waals surface area contributed by atoms with Crippen LogP contribution in [-0.2, 0) is 4.79 Å². The van der Waals surface area contributed by atoms with Crippen LogP contribution in [0.1, 0.15) is 0 Å². The average Bonchev–Trinajstić information content (AvgIpc) is 2.15. The number of amides is 1. The van der Waals surface area contributed by atoms with E-state index in [-0.39, 0.29) is 17.9 Å². The van der Waals surface area contributed by atoms with E-state index in [4.69, 9.17) is 11.5 Å². The highest BCUT2D eigenvalue weighted by Gasteiger charge is 2.13. The van der Waals surface area contributed by atoms with E-state index in [1.54, 1.807) is 11.9 Å². The van der Waals surface area contributed by atoms with E-state index in [1.165, 1.54) is 18.2 Å². The molecule has 1 aromatic rings. The number of nitrogens with zero attached hydrogens (tertiary/aromatic N) is 2. The number of rotatable bonds is 4. The Morgan fingerprint density at radius 2 is 2.19 bits per heavy atom. The van der Waals surface area contributed by atoms with Gasteiger partial charge in [0, 0.05) is 18.8 Å². The van der Waals surface area contributed by atoms with Gasteiger partial charge in [-0.2, -0.15) is 0 Å². The third-order valence-corrected chi connectivity index (χ3v) is 2.04. The van der Waals surface area contributed by atoms with Gasteiger partial charge in [-0.15, -0.1) is 0 Å². The summed E-state index contributed by atoms with van der Waals surface area (Å²) in [6.07, 6.45) is 0. The molecule has 0 radical (unpaired) electrons. The number of anilines is 2. The molecule has 7 heteroatoms. The monoisotopic (exact) mass is 224 g/mol. The molecule has 0 aromatic heterocycles. The second-order valence-electron chi connectivity index (χ2n) is 3.32. The number of nitro benzene ring substituents is 1. The summed E-state index contributed by atoms with van der Waals surface area (Å²) in [4.78, 5) is 22.2. The molecule has 0 fully saturated rings. The Labute approximate surface area is 91.8 Å². The Kier molecular flexibility index (Phi) is 3.29. The fourth-order valence-corrected chi connectivity index (χ4v) is 1.27. The molecule has 0 bridgehead atoms. The molecule has 0 saturated heterocycles. The van der Waals surface area contributed by atoms with Crippen molar-refractivity contribution in [3.05, 3.63) is 28.3 Å². The minimum atomic E-state index is -0.562. The number of likely N-dealkylation sites (N-methyl/N-ethyl adjacent to an activating group) is 1. The zero-order chi connectivity index (χ0) is 12.3. The minimum absolute atomic E-state index is 0.0251. The fraction of sp³-hybridized carbons (Fsp3) is 0.222. The van der Waals surface area contributed by atoms with Gasteiger partial charge in [0.05, 0.1) is 11.5 Å². The third kappa shape index (κ3) is 2.59. The SMILES string of the molecule is CN(CC(N)=O)c1ccc([N+](=O)[O-])c(N)c1. The van der Waals surface area contributed by atoms with Crippen LogP contribution in [0.4, 0.5) is 17.1 Å². The lowest BCUT2D eigenvalue weighted by molar-refractivity contribution is -0.383. The number of hydrogen-bond acceptors (Lipinski definition) is 5. The number of nitrogen functional groups attached to an aromatic ring is 1. The molecular formula is C9H12N4O3. The lowest BCUT2D eigenvalue weighted by atomic mass is 10.2. The van der Waals surface area contributed by atoms with Crippen molar-refractivity contribution < 1.29 is 9.72 Å². The highest BCUT2D eigenvalue weighted by Crippen LogP contribution is 2.26. The fourth-order valence-electron chi connectivity index (χ4n) is 1.27. The van der Waals surface area contributed by atoms with Crippen LogP contribution in [0.3, 0.4) is 0 Å². The topological polar surface area (TPSA) is 115 Å². The van der Waals surface area contributed by atoms with Crippen LogP contribution in [0, 0.1) is 10.1 Å². The van der Waals surface area contributed by atoms with Crippen molar-refractivity contribution >= 4 is 23.0 Å². The van der Waals surface area contributed by atoms with Crippen molar-refractivity contribution in [2.75, 3.05) is 24.2 Å². The van der Waals surface area contributed by atoms with E-state index in [9.17, 15) is 14.9 Å². The van der Waals surface area contributed by atoms with Gasteiger partial charge in [-0.25, -0.2) is 0 Å². The molecule has 0 aliphatic rings. The first-order valence-corrected chi connectivity index (χ1v) is 4.45. The number of carbonyl (C=O) groups excluding carboxylic acids is 1. The predicted octanol–water partition coefficient (Wildman–Crippen LogP) is 0.0985. The van der Waals surface area contributed by atoms with Crippen LogP contribution in [0.5, 0.6) is 0 Å². The van der Waals surface area contributed by atoms with E-state index >= 15 is 0 Å². The molecule has 1 aromatic carbocycles. The lowest BCUT2D eigenvalue weighted by Gasteiger charge is -2.17. The lowest BCUT2D eigenvalue weighted by Crippen LogP contribution is -2.30. The van der Waals surface area contributed by atoms with Gasteiger partial charge in [0.25, 0.3) is 5.69 Å². The van der Waals surface area contributed by atoms with E-state index in [0.717, 1.165) is 0 Å². The van der Waals surface area contributed by atoms with Crippen LogP contribution in [-0.4, -0.2) is 24.4 Å². The molecule has 0 aliphatic carbocycles. The maximum Gasteiger partial charge on any atom is 0.292 e. The number of nitro groups is 1. The van der Waals surface area contributed by atoms with E-state index < -0.39 is 10.8 Å². The van der Waals surface area contributed by atoms with Crippen LogP contribution in [0.25, 0.3) is 0 Å². The average molecular weight is 224 g/mol. The second-order valence-corrected chi connectivity index (χ2v) is 3.32. The van der Waals surface area contributed by atoms with Gasteiger partial charge in [-0.3, -0.25) is 14.9 Å². The van der Waals surface area contributed by atoms with Crippen LogP contribution >= 0.6 is 0 Å². The van der Waals surface area contributed by atoms with Crippen molar-refractivity contribution in [2.24, 2.45) is 5.73 Å². The molecule has 7 nitrogen and oxygen atoms in total. The minimum Gasteiger partial charge on any atom is -0.393 e. The molecule has 86 valence electrons. The van der Waals surface area contributed by atoms with E-state index in [2.05, 4.69) is 0 Å². The van der Waals surface area contributed by atoms with Crippen molar-refractivity contribution in [1.29, 1.82) is 0 Å². The number of nitrogens with two attached hydrogens (primary N) is 2. The van der Waals surface area contributed by atoms with Gasteiger partial charge in [0.1, 0.15) is 5.69 Å². The molecule has 4 N–H and O–H groups in total. The summed E-state index contributed by atoms with van der Waals surface area (Å²) in [6.45, 7) is 0.0251. The molecule has 1 amide bonds. The molecule has 0 atom stereocenters. The quantitative estimate of drug-likeness (QED) is 0.427. The second kappa shape index (κ2) is 4.47. The molecule has 16 heavy (non-hydrogen) atoms. The maximum absolute atomic E-state index is 10.7. The Bertz CT molecular complexity index is 433. The largest absolute Gasteiger partial charge is 0.393 e. The summed E-state index contributed by atoms with van der Waals surface area (Å²) < 4.78 is 0. The van der Waals surface area contributed by atoms with Crippen LogP contribution in [0.15, 0.2) is 18.2 Å². The Morgan fingerprint density at radius 3 is 2.62 bits per heavy atom. The molecule has 0 heterocycles. The number of benzene rings is 1. The first-order chi connectivity index (χ1) is 7.41. The third-order valence-electron chi connectivity index (χ3n) is 2.04. The molecule has 0 aliphatic heterocycles. The van der Waals surface area contributed by atoms with Gasteiger partial charge < -0.3 is 16.4 Å².